The van der Waals surface area contributed by atoms with E-state index in [0.29, 0.717) is 0 Å². The average Bonchev–Trinajstić information content (AvgIpc) is 2.54. The zero-order valence-electron chi connectivity index (χ0n) is 12.1. The fourth-order valence-corrected chi connectivity index (χ4v) is 2.92. The number of rotatable bonds is 6. The fourth-order valence-electron chi connectivity index (χ4n) is 1.89. The molecule has 0 bridgehead atoms. The van der Waals surface area contributed by atoms with Crippen LogP contribution in [-0.2, 0) is 0 Å². The Kier molecular flexibility index (Phi) is 4.98. The first-order valence-electron chi connectivity index (χ1n) is 6.42. The van der Waals surface area contributed by atoms with Gasteiger partial charge in [-0.2, -0.15) is 0 Å². The molecule has 0 aliphatic rings. The molecule has 2 aromatic rings. The van der Waals surface area contributed by atoms with Gasteiger partial charge < -0.3 is 10.2 Å². The van der Waals surface area contributed by atoms with Crippen molar-refractivity contribution in [2.45, 2.75) is 9.79 Å². The summed E-state index contributed by atoms with van der Waals surface area (Å²) in [6.07, 6.45) is 0. The smallest absolute Gasteiger partial charge is 0.337 e. The second kappa shape index (κ2) is 6.97. The number of nitrogens with zero attached hydrogens (tertiary/aromatic N) is 2. The molecule has 10 nitrogen and oxygen atoms in total. The van der Waals surface area contributed by atoms with Crippen LogP contribution < -0.4 is 0 Å². The molecule has 11 heteroatoms. The standard InChI is InChI=1S/C14H8N2O8S/c17-13(18)9-5-7(15(21)22)1-3-11(9)25-12-4-2-8(16(23)24)6-10(12)14(19)20/h1-6H,(H,17,18)(H,19,20). The molecule has 0 aliphatic carbocycles. The number of carbonyl (C=O) groups is 2. The predicted octanol–water partition coefficient (Wildman–Crippen LogP) is 3.05. The first-order chi connectivity index (χ1) is 11.7. The molecular weight excluding hydrogens is 356 g/mol. The van der Waals surface area contributed by atoms with E-state index in [9.17, 15) is 40.0 Å². The van der Waals surface area contributed by atoms with Crippen molar-refractivity contribution < 1.29 is 29.6 Å². The van der Waals surface area contributed by atoms with Crippen LogP contribution in [0.25, 0.3) is 0 Å². The maximum atomic E-state index is 11.3. The predicted molar refractivity (Wildman–Crippen MR) is 84.2 cm³/mol. The Morgan fingerprint density at radius 3 is 1.44 bits per heavy atom. The van der Waals surface area contributed by atoms with Crippen LogP contribution in [0.2, 0.25) is 0 Å². The molecule has 0 amide bonds. The third kappa shape index (κ3) is 3.90. The molecule has 2 rings (SSSR count). The van der Waals surface area contributed by atoms with Crippen molar-refractivity contribution in [1.82, 2.24) is 0 Å². The maximum Gasteiger partial charge on any atom is 0.337 e. The highest BCUT2D eigenvalue weighted by atomic mass is 32.2. The number of aromatic carboxylic acids is 2. The largest absolute Gasteiger partial charge is 0.478 e. The Bertz CT molecular complexity index is 838. The van der Waals surface area contributed by atoms with Crippen LogP contribution in [0, 0.1) is 20.2 Å². The maximum absolute atomic E-state index is 11.3. The van der Waals surface area contributed by atoms with Gasteiger partial charge in [0.15, 0.2) is 0 Å². The van der Waals surface area contributed by atoms with E-state index in [4.69, 9.17) is 0 Å². The number of carboxylic acids is 2. The summed E-state index contributed by atoms with van der Waals surface area (Å²) < 4.78 is 0. The van der Waals surface area contributed by atoms with Crippen LogP contribution in [0.5, 0.6) is 0 Å². The normalized spacial score (nSPS) is 10.2. The summed E-state index contributed by atoms with van der Waals surface area (Å²) in [5.74, 6) is -2.85. The number of hydrogen-bond acceptors (Lipinski definition) is 7. The summed E-state index contributed by atoms with van der Waals surface area (Å²) in [5, 5.41) is 39.9. The summed E-state index contributed by atoms with van der Waals surface area (Å²) >= 11 is 0.731. The lowest BCUT2D eigenvalue weighted by Gasteiger charge is -2.08. The number of non-ortho nitro benzene ring substituents is 2. The van der Waals surface area contributed by atoms with Gasteiger partial charge >= 0.3 is 11.9 Å². The van der Waals surface area contributed by atoms with Crippen molar-refractivity contribution in [1.29, 1.82) is 0 Å². The quantitative estimate of drug-likeness (QED) is 0.579. The third-order valence-electron chi connectivity index (χ3n) is 3.03. The van der Waals surface area contributed by atoms with Crippen molar-refractivity contribution in [3.05, 3.63) is 67.8 Å². The van der Waals surface area contributed by atoms with E-state index >= 15 is 0 Å². The first-order valence-corrected chi connectivity index (χ1v) is 7.23. The summed E-state index contributed by atoms with van der Waals surface area (Å²) in [6, 6.07) is 6.24. The van der Waals surface area contributed by atoms with Gasteiger partial charge in [-0.05, 0) is 12.1 Å². The van der Waals surface area contributed by atoms with Gasteiger partial charge in [-0.25, -0.2) is 9.59 Å². The van der Waals surface area contributed by atoms with Crippen molar-refractivity contribution in [3.8, 4) is 0 Å². The number of benzene rings is 2. The van der Waals surface area contributed by atoms with E-state index in [-0.39, 0.29) is 20.9 Å². The zero-order valence-corrected chi connectivity index (χ0v) is 12.9. The molecule has 0 fully saturated rings. The van der Waals surface area contributed by atoms with Gasteiger partial charge in [-0.1, -0.05) is 11.8 Å². The van der Waals surface area contributed by atoms with Crippen LogP contribution in [0.4, 0.5) is 11.4 Å². The Balaban J connectivity index is 2.52. The van der Waals surface area contributed by atoms with E-state index in [1.165, 1.54) is 12.1 Å². The van der Waals surface area contributed by atoms with E-state index in [2.05, 4.69) is 0 Å². The van der Waals surface area contributed by atoms with Crippen LogP contribution in [0.1, 0.15) is 20.7 Å². The molecule has 0 aliphatic heterocycles. The van der Waals surface area contributed by atoms with Gasteiger partial charge in [0.1, 0.15) is 0 Å². The highest BCUT2D eigenvalue weighted by Gasteiger charge is 2.21. The molecule has 2 aromatic carbocycles. The summed E-state index contributed by atoms with van der Waals surface area (Å²) in [6.45, 7) is 0. The number of nitro groups is 2. The van der Waals surface area contributed by atoms with Gasteiger partial charge in [-0.15, -0.1) is 0 Å². The minimum atomic E-state index is -1.43. The van der Waals surface area contributed by atoms with Crippen molar-refractivity contribution in [2.75, 3.05) is 0 Å². The van der Waals surface area contributed by atoms with Gasteiger partial charge in [0.05, 0.1) is 21.0 Å². The van der Waals surface area contributed by atoms with E-state index in [0.717, 1.165) is 36.0 Å². The number of carboxylic acid groups (broad SMARTS) is 2. The highest BCUT2D eigenvalue weighted by Crippen LogP contribution is 2.36. The molecule has 0 saturated heterocycles. The number of nitro benzene ring substituents is 2. The molecule has 0 saturated carbocycles. The molecule has 0 radical (unpaired) electrons. The summed E-state index contributed by atoms with van der Waals surface area (Å²) in [7, 11) is 0. The van der Waals surface area contributed by atoms with Crippen LogP contribution in [0.15, 0.2) is 46.2 Å². The van der Waals surface area contributed by atoms with Crippen molar-refractivity contribution >= 4 is 35.1 Å². The third-order valence-corrected chi connectivity index (χ3v) is 4.18. The molecular formula is C14H8N2O8S. The van der Waals surface area contributed by atoms with E-state index in [1.807, 2.05) is 0 Å². The molecule has 2 N–H and O–H groups in total. The average molecular weight is 364 g/mol. The first kappa shape index (κ1) is 17.9. The van der Waals surface area contributed by atoms with Crippen LogP contribution >= 0.6 is 11.8 Å². The zero-order chi connectivity index (χ0) is 18.7. The molecule has 0 aromatic heterocycles. The van der Waals surface area contributed by atoms with Crippen molar-refractivity contribution in [3.63, 3.8) is 0 Å². The molecule has 25 heavy (non-hydrogen) atoms. The Labute approximate surface area is 143 Å². The monoisotopic (exact) mass is 364 g/mol. The SMILES string of the molecule is O=C(O)c1cc([N+](=O)[O-])ccc1Sc1ccc([N+](=O)[O-])cc1C(=O)O. The Morgan fingerprint density at radius 2 is 1.16 bits per heavy atom. The lowest BCUT2D eigenvalue weighted by Crippen LogP contribution is -2.03. The van der Waals surface area contributed by atoms with Crippen molar-refractivity contribution in [2.24, 2.45) is 0 Å². The van der Waals surface area contributed by atoms with Gasteiger partial charge in [-0.3, -0.25) is 20.2 Å². The fraction of sp³-hybridized carbons (Fsp3) is 0. The van der Waals surface area contributed by atoms with Crippen LogP contribution in [-0.4, -0.2) is 32.0 Å². The molecule has 0 heterocycles. The van der Waals surface area contributed by atoms with Crippen LogP contribution in [0.3, 0.4) is 0 Å². The minimum Gasteiger partial charge on any atom is -0.478 e. The number of hydrogen-bond donors (Lipinski definition) is 2. The Hall–Kier alpha value is -3.47. The van der Waals surface area contributed by atoms with E-state index < -0.39 is 33.2 Å². The van der Waals surface area contributed by atoms with E-state index in [1.54, 1.807) is 0 Å². The summed E-state index contributed by atoms with van der Waals surface area (Å²) in [5.41, 5.74) is -1.62. The van der Waals surface area contributed by atoms with Gasteiger partial charge in [0.2, 0.25) is 0 Å². The summed E-state index contributed by atoms with van der Waals surface area (Å²) in [4.78, 5) is 42.7. The molecule has 0 spiro atoms. The topological polar surface area (TPSA) is 161 Å². The lowest BCUT2D eigenvalue weighted by molar-refractivity contribution is -0.385. The molecule has 0 unspecified atom stereocenters. The second-order valence-corrected chi connectivity index (χ2v) is 5.67. The molecule has 128 valence electrons. The van der Waals surface area contributed by atoms with Gasteiger partial charge in [0.25, 0.3) is 11.4 Å². The Morgan fingerprint density at radius 1 is 0.800 bits per heavy atom. The minimum absolute atomic E-state index is 0.0643. The second-order valence-electron chi connectivity index (χ2n) is 4.59. The van der Waals surface area contributed by atoms with Gasteiger partial charge in [0, 0.05) is 34.1 Å². The highest BCUT2D eigenvalue weighted by molar-refractivity contribution is 7.99. The lowest BCUT2D eigenvalue weighted by atomic mass is 10.2. The molecule has 0 atom stereocenters.